The molecule has 2 aliphatic rings. The Hall–Kier alpha value is -0.890. The Labute approximate surface area is 186 Å². The molecule has 0 spiro atoms. The van der Waals surface area contributed by atoms with Crippen molar-refractivity contribution in [2.45, 2.75) is 9.79 Å². The fourth-order valence-electron chi connectivity index (χ4n) is 3.32. The first kappa shape index (κ1) is 21.8. The predicted molar refractivity (Wildman–Crippen MR) is 123 cm³/mol. The number of carbonyl (C=O) groups is 1. The van der Waals surface area contributed by atoms with E-state index in [0.717, 1.165) is 59.6 Å². The maximum atomic E-state index is 13.1. The summed E-state index contributed by atoms with van der Waals surface area (Å²) in [6, 6.07) is 13.8. The van der Waals surface area contributed by atoms with Gasteiger partial charge in [-0.25, -0.2) is 0 Å². The number of anilines is 2. The lowest BCUT2D eigenvalue weighted by Crippen LogP contribution is -2.45. The van der Waals surface area contributed by atoms with Crippen molar-refractivity contribution >= 4 is 64.1 Å². The van der Waals surface area contributed by atoms with Gasteiger partial charge in [-0.3, -0.25) is 14.6 Å². The lowest BCUT2D eigenvalue weighted by Gasteiger charge is -2.33. The average molecular weight is 456 g/mol. The Bertz CT molecular complexity index is 844. The Morgan fingerprint density at radius 1 is 1.07 bits per heavy atom. The molecule has 0 saturated carbocycles. The van der Waals surface area contributed by atoms with E-state index in [1.54, 1.807) is 11.8 Å². The summed E-state index contributed by atoms with van der Waals surface area (Å²) in [6.45, 7) is 5.29. The van der Waals surface area contributed by atoms with E-state index in [0.29, 0.717) is 5.02 Å². The van der Waals surface area contributed by atoms with Crippen LogP contribution in [0.4, 0.5) is 16.2 Å². The second-order valence-corrected chi connectivity index (χ2v) is 9.34. The normalized spacial score (nSPS) is 16.9. The molecule has 0 atom stereocenters. The molecular formula is C20H23Cl2N3OS2. The molecule has 1 fully saturated rings. The zero-order valence-corrected chi connectivity index (χ0v) is 18.8. The molecule has 0 aliphatic carbocycles. The van der Waals surface area contributed by atoms with Gasteiger partial charge in [0.2, 0.25) is 0 Å². The van der Waals surface area contributed by atoms with Crippen LogP contribution >= 0.6 is 47.5 Å². The number of nitrogens with zero attached hydrogens (tertiary/aromatic N) is 3. The fourth-order valence-corrected chi connectivity index (χ4v) is 5.38. The van der Waals surface area contributed by atoms with Crippen molar-refractivity contribution in [1.29, 1.82) is 0 Å². The Kier molecular flexibility index (Phi) is 7.59. The Morgan fingerprint density at radius 3 is 2.57 bits per heavy atom. The zero-order chi connectivity index (χ0) is 18.8. The molecule has 0 aromatic heterocycles. The molecule has 4 nitrogen and oxygen atoms in total. The third-order valence-corrected chi connectivity index (χ3v) is 7.08. The van der Waals surface area contributed by atoms with Gasteiger partial charge in [0.25, 0.3) is 5.24 Å². The highest BCUT2D eigenvalue weighted by atomic mass is 35.5. The third kappa shape index (κ3) is 4.81. The standard InChI is InChI=1S/C20H22ClN3OS2.ClH/c1-22-8-10-23(11-9-22)12-13-26-20(25)24-16-4-2-3-5-18(16)27-19-7-6-15(21)14-17(19)24;/h2-7,14H,8-13H2,1H3;1H. The smallest absolute Gasteiger partial charge is 0.290 e. The number of fused-ring (bicyclic) bond motifs is 2. The van der Waals surface area contributed by atoms with Crippen molar-refractivity contribution in [1.82, 2.24) is 9.80 Å². The van der Waals surface area contributed by atoms with Crippen LogP contribution in [0, 0.1) is 0 Å². The highest BCUT2D eigenvalue weighted by molar-refractivity contribution is 8.14. The van der Waals surface area contributed by atoms with Crippen molar-refractivity contribution in [2.75, 3.05) is 50.4 Å². The summed E-state index contributed by atoms with van der Waals surface area (Å²) in [7, 11) is 2.16. The second-order valence-electron chi connectivity index (χ2n) is 6.78. The number of amides is 1. The largest absolute Gasteiger partial charge is 0.304 e. The predicted octanol–water partition coefficient (Wildman–Crippen LogP) is 5.47. The van der Waals surface area contributed by atoms with Gasteiger partial charge in [-0.05, 0) is 37.4 Å². The van der Waals surface area contributed by atoms with Gasteiger partial charge in [-0.1, -0.05) is 47.3 Å². The van der Waals surface area contributed by atoms with Gasteiger partial charge in [0, 0.05) is 53.3 Å². The van der Waals surface area contributed by atoms with Crippen molar-refractivity contribution in [3.05, 3.63) is 47.5 Å². The maximum Gasteiger partial charge on any atom is 0.290 e. The van der Waals surface area contributed by atoms with Crippen molar-refractivity contribution in [3.8, 4) is 0 Å². The first-order valence-electron chi connectivity index (χ1n) is 9.06. The van der Waals surface area contributed by atoms with Gasteiger partial charge in [0.15, 0.2) is 0 Å². The van der Waals surface area contributed by atoms with Gasteiger partial charge >= 0.3 is 0 Å². The number of hydrogen-bond donors (Lipinski definition) is 0. The molecule has 2 aromatic rings. The van der Waals surface area contributed by atoms with Crippen LogP contribution in [0.2, 0.25) is 5.02 Å². The topological polar surface area (TPSA) is 26.8 Å². The highest BCUT2D eigenvalue weighted by Crippen LogP contribution is 2.49. The van der Waals surface area contributed by atoms with E-state index in [-0.39, 0.29) is 17.6 Å². The monoisotopic (exact) mass is 455 g/mol. The molecular weight excluding hydrogens is 433 g/mol. The summed E-state index contributed by atoms with van der Waals surface area (Å²) in [4.78, 5) is 21.9. The molecule has 0 unspecified atom stereocenters. The molecule has 8 heteroatoms. The maximum absolute atomic E-state index is 13.1. The molecule has 2 heterocycles. The lowest BCUT2D eigenvalue weighted by molar-refractivity contribution is 0.161. The van der Waals surface area contributed by atoms with E-state index in [4.69, 9.17) is 11.6 Å². The van der Waals surface area contributed by atoms with Crippen molar-refractivity contribution < 1.29 is 4.79 Å². The molecule has 0 bridgehead atoms. The van der Waals surface area contributed by atoms with E-state index >= 15 is 0 Å². The third-order valence-electron chi connectivity index (χ3n) is 4.90. The van der Waals surface area contributed by atoms with Crippen LogP contribution in [-0.4, -0.2) is 60.6 Å². The van der Waals surface area contributed by atoms with Crippen LogP contribution in [0.15, 0.2) is 52.3 Å². The first-order chi connectivity index (χ1) is 13.1. The fraction of sp³-hybridized carbons (Fsp3) is 0.350. The molecule has 28 heavy (non-hydrogen) atoms. The Morgan fingerprint density at radius 2 is 1.79 bits per heavy atom. The molecule has 4 rings (SSSR count). The summed E-state index contributed by atoms with van der Waals surface area (Å²) in [5, 5.41) is 0.703. The van der Waals surface area contributed by atoms with Crippen LogP contribution in [-0.2, 0) is 0 Å². The molecule has 0 N–H and O–H groups in total. The first-order valence-corrected chi connectivity index (χ1v) is 11.2. The highest BCUT2D eigenvalue weighted by Gasteiger charge is 2.28. The quantitative estimate of drug-likeness (QED) is 0.611. The number of hydrogen-bond acceptors (Lipinski definition) is 5. The van der Waals surface area contributed by atoms with Gasteiger partial charge < -0.3 is 4.90 Å². The zero-order valence-electron chi connectivity index (χ0n) is 15.6. The van der Waals surface area contributed by atoms with Crippen LogP contribution in [0.3, 0.4) is 0 Å². The van der Waals surface area contributed by atoms with Crippen LogP contribution in [0.1, 0.15) is 0 Å². The van der Waals surface area contributed by atoms with Crippen molar-refractivity contribution in [3.63, 3.8) is 0 Å². The molecule has 2 aliphatic heterocycles. The minimum absolute atomic E-state index is 0. The van der Waals surface area contributed by atoms with Gasteiger partial charge in [0.1, 0.15) is 0 Å². The Balaban J connectivity index is 0.00000225. The van der Waals surface area contributed by atoms with Gasteiger partial charge in [-0.2, -0.15) is 0 Å². The number of para-hydroxylation sites is 1. The molecule has 0 radical (unpaired) electrons. The summed E-state index contributed by atoms with van der Waals surface area (Å²) < 4.78 is 0. The molecule has 150 valence electrons. The number of piperazine rings is 1. The summed E-state index contributed by atoms with van der Waals surface area (Å²) in [6.07, 6.45) is 0. The number of carbonyl (C=O) groups excluding carboxylic acids is 1. The SMILES string of the molecule is CN1CCN(CCSC(=O)N2c3ccccc3Sc3ccc(Cl)cc32)CC1.Cl. The van der Waals surface area contributed by atoms with E-state index in [2.05, 4.69) is 22.9 Å². The lowest BCUT2D eigenvalue weighted by atomic mass is 10.2. The van der Waals surface area contributed by atoms with Gasteiger partial charge in [0.05, 0.1) is 11.4 Å². The number of likely N-dealkylation sites (N-methyl/N-ethyl adjacent to an activating group) is 1. The summed E-state index contributed by atoms with van der Waals surface area (Å²) in [5.74, 6) is 0.796. The summed E-state index contributed by atoms with van der Waals surface area (Å²) in [5.41, 5.74) is 1.82. The molecule has 1 saturated heterocycles. The number of halogens is 2. The van der Waals surface area contributed by atoms with Crippen molar-refractivity contribution in [2.24, 2.45) is 0 Å². The minimum atomic E-state index is 0. The number of thioether (sulfide) groups is 1. The van der Waals surface area contributed by atoms with Crippen LogP contribution in [0.5, 0.6) is 0 Å². The minimum Gasteiger partial charge on any atom is -0.304 e. The number of rotatable bonds is 3. The van der Waals surface area contributed by atoms with E-state index in [9.17, 15) is 4.79 Å². The van der Waals surface area contributed by atoms with E-state index in [1.807, 2.05) is 41.3 Å². The van der Waals surface area contributed by atoms with E-state index in [1.165, 1.54) is 11.8 Å². The molecule has 2 aromatic carbocycles. The van der Waals surface area contributed by atoms with Gasteiger partial charge in [-0.15, -0.1) is 12.4 Å². The van der Waals surface area contributed by atoms with Crippen LogP contribution < -0.4 is 4.90 Å². The summed E-state index contributed by atoms with van der Waals surface area (Å²) >= 11 is 9.30. The number of benzene rings is 2. The molecule has 1 amide bonds. The van der Waals surface area contributed by atoms with Crippen LogP contribution in [0.25, 0.3) is 0 Å². The van der Waals surface area contributed by atoms with E-state index < -0.39 is 0 Å². The second kappa shape index (κ2) is 9.74. The average Bonchev–Trinajstić information content (AvgIpc) is 2.67.